The Balaban J connectivity index is 1.63. The number of anilines is 2. The third-order valence-electron chi connectivity index (χ3n) is 4.34. The third kappa shape index (κ3) is 1.93. The number of ether oxygens (including phenoxy) is 1. The molecule has 0 radical (unpaired) electrons. The van der Waals surface area contributed by atoms with Crippen molar-refractivity contribution in [2.24, 2.45) is 0 Å². The lowest BCUT2D eigenvalue weighted by atomic mass is 9.96. The van der Waals surface area contributed by atoms with E-state index >= 15 is 0 Å². The average molecular weight is 315 g/mol. The Morgan fingerprint density at radius 1 is 1.30 bits per heavy atom. The zero-order valence-electron chi connectivity index (χ0n) is 10.9. The number of nitrogens with one attached hydrogen (secondary N) is 1. The lowest BCUT2D eigenvalue weighted by molar-refractivity contribution is 0.102. The summed E-state index contributed by atoms with van der Waals surface area (Å²) in [6, 6.07) is 0.182. The normalized spacial score (nSPS) is 32.7. The fourth-order valence-corrected chi connectivity index (χ4v) is 6.10. The molecule has 1 saturated carbocycles. The molecular formula is C12H17N3O3S2. The second-order valence-electron chi connectivity index (χ2n) is 5.83. The maximum Gasteiger partial charge on any atom is 0.187 e. The van der Waals surface area contributed by atoms with Crippen LogP contribution in [0.3, 0.4) is 0 Å². The van der Waals surface area contributed by atoms with Crippen molar-refractivity contribution in [1.82, 2.24) is 4.37 Å². The Kier molecular flexibility index (Phi) is 2.77. The summed E-state index contributed by atoms with van der Waals surface area (Å²) in [7, 11) is -3.32. The molecule has 1 aromatic heterocycles. The second kappa shape index (κ2) is 4.32. The van der Waals surface area contributed by atoms with Crippen molar-refractivity contribution in [3.8, 4) is 0 Å². The molecule has 3 heterocycles. The van der Waals surface area contributed by atoms with Gasteiger partial charge in [-0.05, 0) is 43.6 Å². The first-order valence-electron chi connectivity index (χ1n) is 6.97. The van der Waals surface area contributed by atoms with Crippen LogP contribution in [0.4, 0.5) is 10.8 Å². The molecule has 0 aromatic carbocycles. The summed E-state index contributed by atoms with van der Waals surface area (Å²) < 4.78 is 34.7. The van der Waals surface area contributed by atoms with Gasteiger partial charge in [-0.15, -0.1) is 0 Å². The van der Waals surface area contributed by atoms with E-state index in [9.17, 15) is 8.42 Å². The number of sulfone groups is 1. The first-order valence-corrected chi connectivity index (χ1v) is 9.28. The lowest BCUT2D eigenvalue weighted by Gasteiger charge is -2.20. The molecule has 3 fully saturated rings. The number of nitrogens with zero attached hydrogens (tertiary/aromatic N) is 1. The molecule has 1 aromatic rings. The van der Waals surface area contributed by atoms with Crippen LogP contribution in [0.15, 0.2) is 4.90 Å². The van der Waals surface area contributed by atoms with Gasteiger partial charge in [0.25, 0.3) is 0 Å². The molecule has 3 N–H and O–H groups in total. The predicted octanol–water partition coefficient (Wildman–Crippen LogP) is 1.39. The first kappa shape index (κ1) is 12.8. The van der Waals surface area contributed by atoms with Gasteiger partial charge in [0.2, 0.25) is 0 Å². The molecule has 0 spiro atoms. The van der Waals surface area contributed by atoms with E-state index < -0.39 is 9.84 Å². The Bertz CT molecular complexity index is 638. The fraction of sp³-hybridized carbons (Fsp3) is 0.750. The standard InChI is InChI=1S/C12H17N3O3S2/c13-11-10(20(16,17)7-2-3-7)12(19-15-11)14-8-5-6-1-4-9(8)18-6/h6-9,14H,1-5H2,(H2,13,15). The molecule has 6 nitrogen and oxygen atoms in total. The quantitative estimate of drug-likeness (QED) is 0.872. The van der Waals surface area contributed by atoms with Gasteiger partial charge in [-0.2, -0.15) is 4.37 Å². The molecule has 8 heteroatoms. The number of fused-ring (bicyclic) bond motifs is 2. The maximum absolute atomic E-state index is 12.4. The molecule has 2 bridgehead atoms. The van der Waals surface area contributed by atoms with Crippen molar-refractivity contribution in [1.29, 1.82) is 0 Å². The van der Waals surface area contributed by atoms with Crippen molar-refractivity contribution in [3.05, 3.63) is 0 Å². The molecule has 2 saturated heterocycles. The minimum Gasteiger partial charge on any atom is -0.382 e. The number of aromatic nitrogens is 1. The molecule has 2 aliphatic heterocycles. The van der Waals surface area contributed by atoms with Gasteiger partial charge >= 0.3 is 0 Å². The number of rotatable bonds is 4. The monoisotopic (exact) mass is 315 g/mol. The van der Waals surface area contributed by atoms with Crippen LogP contribution in [-0.2, 0) is 14.6 Å². The molecule has 3 unspecified atom stereocenters. The Labute approximate surface area is 121 Å². The summed E-state index contributed by atoms with van der Waals surface area (Å²) >= 11 is 1.14. The van der Waals surface area contributed by atoms with Gasteiger partial charge in [0.15, 0.2) is 15.7 Å². The first-order chi connectivity index (χ1) is 9.55. The van der Waals surface area contributed by atoms with Gasteiger partial charge in [0, 0.05) is 0 Å². The fourth-order valence-electron chi connectivity index (χ4n) is 3.16. The molecule has 3 aliphatic rings. The van der Waals surface area contributed by atoms with Crippen LogP contribution in [0.25, 0.3) is 0 Å². The van der Waals surface area contributed by atoms with Crippen molar-refractivity contribution in [3.63, 3.8) is 0 Å². The van der Waals surface area contributed by atoms with E-state index in [1.807, 2.05) is 0 Å². The van der Waals surface area contributed by atoms with Gasteiger partial charge in [0.05, 0.1) is 23.5 Å². The van der Waals surface area contributed by atoms with Crippen molar-refractivity contribution >= 4 is 32.2 Å². The molecule has 3 atom stereocenters. The second-order valence-corrected chi connectivity index (χ2v) is 8.77. The summed E-state index contributed by atoms with van der Waals surface area (Å²) in [6.07, 6.45) is 5.07. The molecule has 0 amide bonds. The van der Waals surface area contributed by atoms with E-state index in [1.165, 1.54) is 0 Å². The predicted molar refractivity (Wildman–Crippen MR) is 76.7 cm³/mol. The molecule has 1 aliphatic carbocycles. The van der Waals surface area contributed by atoms with E-state index in [0.29, 0.717) is 11.1 Å². The van der Waals surface area contributed by atoms with Crippen LogP contribution < -0.4 is 11.1 Å². The number of nitrogens with two attached hydrogens (primary N) is 1. The lowest BCUT2D eigenvalue weighted by Crippen LogP contribution is -2.30. The van der Waals surface area contributed by atoms with E-state index in [-0.39, 0.29) is 28.1 Å². The number of hydrogen-bond acceptors (Lipinski definition) is 7. The van der Waals surface area contributed by atoms with Gasteiger partial charge < -0.3 is 15.8 Å². The zero-order valence-corrected chi connectivity index (χ0v) is 12.5. The average Bonchev–Trinajstić information content (AvgIpc) is 2.93. The maximum atomic E-state index is 12.4. The number of nitrogen functional groups attached to an aromatic ring is 1. The summed E-state index contributed by atoms with van der Waals surface area (Å²) in [5.41, 5.74) is 5.79. The smallest absolute Gasteiger partial charge is 0.187 e. The van der Waals surface area contributed by atoms with Crippen LogP contribution in [0.5, 0.6) is 0 Å². The highest BCUT2D eigenvalue weighted by atomic mass is 32.2. The molecule has 4 rings (SSSR count). The van der Waals surface area contributed by atoms with E-state index in [2.05, 4.69) is 9.69 Å². The summed E-state index contributed by atoms with van der Waals surface area (Å²) in [6.45, 7) is 0. The molecule has 110 valence electrons. The van der Waals surface area contributed by atoms with Crippen LogP contribution in [0.1, 0.15) is 32.1 Å². The zero-order chi connectivity index (χ0) is 13.9. The minimum absolute atomic E-state index is 0.133. The van der Waals surface area contributed by atoms with Crippen molar-refractivity contribution < 1.29 is 13.2 Å². The Morgan fingerprint density at radius 3 is 2.70 bits per heavy atom. The topological polar surface area (TPSA) is 94.3 Å². The summed E-state index contributed by atoms with van der Waals surface area (Å²) in [5.74, 6) is 0.133. The van der Waals surface area contributed by atoms with Crippen molar-refractivity contribution in [2.75, 3.05) is 11.1 Å². The minimum atomic E-state index is -3.32. The van der Waals surface area contributed by atoms with Gasteiger partial charge in [-0.25, -0.2) is 8.42 Å². The Morgan fingerprint density at radius 2 is 2.10 bits per heavy atom. The highest BCUT2D eigenvalue weighted by Gasteiger charge is 2.44. The largest absolute Gasteiger partial charge is 0.382 e. The van der Waals surface area contributed by atoms with Crippen LogP contribution in [0.2, 0.25) is 0 Å². The van der Waals surface area contributed by atoms with Gasteiger partial charge in [-0.3, -0.25) is 0 Å². The summed E-state index contributed by atoms with van der Waals surface area (Å²) in [5, 5.41) is 3.65. The highest BCUT2D eigenvalue weighted by Crippen LogP contribution is 2.43. The van der Waals surface area contributed by atoms with Crippen LogP contribution in [-0.4, -0.2) is 36.3 Å². The number of hydrogen-bond donors (Lipinski definition) is 2. The van der Waals surface area contributed by atoms with Gasteiger partial charge in [-0.1, -0.05) is 0 Å². The van der Waals surface area contributed by atoms with Crippen LogP contribution in [0, 0.1) is 0 Å². The van der Waals surface area contributed by atoms with Gasteiger partial charge in [0.1, 0.15) is 9.90 Å². The van der Waals surface area contributed by atoms with E-state index in [1.54, 1.807) is 0 Å². The van der Waals surface area contributed by atoms with Crippen LogP contribution >= 0.6 is 11.5 Å². The van der Waals surface area contributed by atoms with E-state index in [0.717, 1.165) is 43.6 Å². The van der Waals surface area contributed by atoms with Crippen molar-refractivity contribution in [2.45, 2.75) is 60.5 Å². The molecule has 20 heavy (non-hydrogen) atoms. The highest BCUT2D eigenvalue weighted by molar-refractivity contribution is 7.92. The third-order valence-corrected chi connectivity index (χ3v) is 7.60. The molecular weight excluding hydrogens is 298 g/mol. The Hall–Kier alpha value is -0.860. The summed E-state index contributed by atoms with van der Waals surface area (Å²) in [4.78, 5) is 0.216. The van der Waals surface area contributed by atoms with E-state index in [4.69, 9.17) is 10.5 Å². The SMILES string of the molecule is Nc1nsc(NC2CC3CCC2O3)c1S(=O)(=O)C1CC1.